The Hall–Kier alpha value is -1.03. The maximum absolute atomic E-state index is 5.73. The van der Waals surface area contributed by atoms with Gasteiger partial charge in [-0.1, -0.05) is 0 Å². The highest BCUT2D eigenvalue weighted by Crippen LogP contribution is 2.49. The standard InChI is InChI=1S/C9H13N3O/c10-8-3-11-12(4-8)6-9-1-7(2-9)5-13-9/h3-4,7H,1-2,5-6,10H2. The van der Waals surface area contributed by atoms with Gasteiger partial charge in [0.25, 0.3) is 0 Å². The predicted molar refractivity (Wildman–Crippen MR) is 48.0 cm³/mol. The van der Waals surface area contributed by atoms with Gasteiger partial charge in [-0.25, -0.2) is 0 Å². The Morgan fingerprint density at radius 3 is 3.08 bits per heavy atom. The number of aromatic nitrogens is 2. The van der Waals surface area contributed by atoms with Gasteiger partial charge in [0.05, 0.1) is 30.6 Å². The molecule has 13 heavy (non-hydrogen) atoms. The van der Waals surface area contributed by atoms with E-state index in [-0.39, 0.29) is 5.60 Å². The number of nitrogens with two attached hydrogens (primary N) is 1. The van der Waals surface area contributed by atoms with Crippen LogP contribution in [-0.4, -0.2) is 22.0 Å². The Morgan fingerprint density at radius 1 is 1.69 bits per heavy atom. The lowest BCUT2D eigenvalue weighted by atomic mass is 9.75. The minimum atomic E-state index is 0.100. The molecule has 2 aliphatic heterocycles. The number of nitrogens with zero attached hydrogens (tertiary/aromatic N) is 2. The largest absolute Gasteiger partial charge is 0.396 e. The first kappa shape index (κ1) is 7.38. The zero-order chi connectivity index (χ0) is 8.89. The van der Waals surface area contributed by atoms with Gasteiger partial charge in [-0.15, -0.1) is 0 Å². The highest BCUT2D eigenvalue weighted by atomic mass is 16.5. The van der Waals surface area contributed by atoms with E-state index in [2.05, 4.69) is 5.10 Å². The number of hydrogen-bond donors (Lipinski definition) is 1. The molecule has 0 radical (unpaired) electrons. The van der Waals surface area contributed by atoms with E-state index in [1.165, 1.54) is 12.8 Å². The predicted octanol–water partition coefficient (Wildman–Crippen LogP) is 0.644. The van der Waals surface area contributed by atoms with Gasteiger partial charge in [0.2, 0.25) is 0 Å². The third-order valence-corrected chi connectivity index (χ3v) is 3.05. The highest BCUT2D eigenvalue weighted by molar-refractivity contribution is 5.30. The normalized spacial score (nSPS) is 36.2. The zero-order valence-corrected chi connectivity index (χ0v) is 7.44. The van der Waals surface area contributed by atoms with Gasteiger partial charge in [-0.3, -0.25) is 4.68 Å². The van der Waals surface area contributed by atoms with Crippen molar-refractivity contribution >= 4 is 5.69 Å². The highest BCUT2D eigenvalue weighted by Gasteiger charge is 2.52. The van der Waals surface area contributed by atoms with Crippen molar-refractivity contribution in [1.29, 1.82) is 0 Å². The van der Waals surface area contributed by atoms with Crippen molar-refractivity contribution in [3.8, 4) is 0 Å². The van der Waals surface area contributed by atoms with E-state index in [1.54, 1.807) is 6.20 Å². The topological polar surface area (TPSA) is 53.1 Å². The Bertz CT molecular complexity index is 322. The third kappa shape index (κ3) is 1.05. The molecule has 0 amide bonds. The number of rotatable bonds is 2. The minimum absolute atomic E-state index is 0.100. The van der Waals surface area contributed by atoms with Crippen molar-refractivity contribution in [2.45, 2.75) is 25.0 Å². The fraction of sp³-hybridized carbons (Fsp3) is 0.667. The number of hydrogen-bond acceptors (Lipinski definition) is 3. The lowest BCUT2D eigenvalue weighted by Gasteiger charge is -2.35. The van der Waals surface area contributed by atoms with E-state index in [1.807, 2.05) is 10.9 Å². The van der Waals surface area contributed by atoms with Gasteiger partial charge >= 0.3 is 0 Å². The number of anilines is 1. The quantitative estimate of drug-likeness (QED) is 0.725. The van der Waals surface area contributed by atoms with Crippen LogP contribution in [0, 0.1) is 5.92 Å². The van der Waals surface area contributed by atoms with Crippen LogP contribution in [0.5, 0.6) is 0 Å². The summed E-state index contributed by atoms with van der Waals surface area (Å²) in [7, 11) is 0. The van der Waals surface area contributed by atoms with Gasteiger partial charge in [0.1, 0.15) is 0 Å². The van der Waals surface area contributed by atoms with Gasteiger partial charge in [-0.2, -0.15) is 5.10 Å². The average Bonchev–Trinajstić information content (AvgIpc) is 2.65. The summed E-state index contributed by atoms with van der Waals surface area (Å²) in [6, 6.07) is 0. The molecule has 0 unspecified atom stereocenters. The number of nitrogen functional groups attached to an aromatic ring is 1. The second-order valence-corrected chi connectivity index (χ2v) is 4.24. The van der Waals surface area contributed by atoms with Crippen LogP contribution >= 0.6 is 0 Å². The van der Waals surface area contributed by atoms with Crippen LogP contribution in [0.3, 0.4) is 0 Å². The molecule has 1 aromatic rings. The van der Waals surface area contributed by atoms with Crippen molar-refractivity contribution in [3.63, 3.8) is 0 Å². The van der Waals surface area contributed by atoms with Gasteiger partial charge in [0, 0.05) is 6.20 Å². The van der Waals surface area contributed by atoms with Crippen LogP contribution < -0.4 is 5.73 Å². The first-order valence-corrected chi connectivity index (χ1v) is 4.68. The Labute approximate surface area is 76.7 Å². The molecule has 1 saturated carbocycles. The van der Waals surface area contributed by atoms with Crippen LogP contribution in [0.2, 0.25) is 0 Å². The van der Waals surface area contributed by atoms with E-state index in [0.717, 1.165) is 24.8 Å². The smallest absolute Gasteiger partial charge is 0.0884 e. The molecule has 3 fully saturated rings. The van der Waals surface area contributed by atoms with E-state index in [0.29, 0.717) is 0 Å². The Balaban J connectivity index is 1.75. The molecular weight excluding hydrogens is 166 g/mol. The first-order chi connectivity index (χ1) is 6.26. The Morgan fingerprint density at radius 2 is 2.54 bits per heavy atom. The van der Waals surface area contributed by atoms with Crippen molar-refractivity contribution < 1.29 is 4.74 Å². The van der Waals surface area contributed by atoms with Crippen LogP contribution in [0.25, 0.3) is 0 Å². The number of ether oxygens (including phenoxy) is 1. The summed E-state index contributed by atoms with van der Waals surface area (Å²) < 4.78 is 7.61. The maximum atomic E-state index is 5.73. The molecule has 2 bridgehead atoms. The molecule has 4 nitrogen and oxygen atoms in total. The first-order valence-electron chi connectivity index (χ1n) is 4.68. The van der Waals surface area contributed by atoms with E-state index < -0.39 is 0 Å². The molecule has 1 aliphatic carbocycles. The summed E-state index contributed by atoms with van der Waals surface area (Å²) >= 11 is 0. The fourth-order valence-corrected chi connectivity index (χ4v) is 2.46. The van der Waals surface area contributed by atoms with Crippen LogP contribution in [0.4, 0.5) is 5.69 Å². The van der Waals surface area contributed by atoms with Gasteiger partial charge < -0.3 is 10.5 Å². The van der Waals surface area contributed by atoms with E-state index >= 15 is 0 Å². The van der Waals surface area contributed by atoms with Gasteiger partial charge in [0.15, 0.2) is 0 Å². The lowest BCUT2D eigenvalue weighted by Crippen LogP contribution is -2.40. The molecule has 70 valence electrons. The maximum Gasteiger partial charge on any atom is 0.0884 e. The molecular formula is C9H13N3O. The molecule has 1 aromatic heterocycles. The fourth-order valence-electron chi connectivity index (χ4n) is 2.46. The molecule has 0 aromatic carbocycles. The SMILES string of the molecule is Nc1cnn(CC23CC(CO2)C3)c1. The Kier molecular flexibility index (Phi) is 1.28. The van der Waals surface area contributed by atoms with Crippen molar-refractivity contribution in [1.82, 2.24) is 9.78 Å². The summed E-state index contributed by atoms with van der Waals surface area (Å²) in [4.78, 5) is 0. The number of fused-ring (bicyclic) bond motifs is 1. The summed E-state index contributed by atoms with van der Waals surface area (Å²) in [5, 5.41) is 4.16. The lowest BCUT2D eigenvalue weighted by molar-refractivity contribution is -0.0163. The molecule has 0 spiro atoms. The summed E-state index contributed by atoms with van der Waals surface area (Å²) in [6.07, 6.45) is 5.95. The summed E-state index contributed by atoms with van der Waals surface area (Å²) in [5.74, 6) is 0.813. The molecule has 0 atom stereocenters. The second-order valence-electron chi connectivity index (χ2n) is 4.24. The zero-order valence-electron chi connectivity index (χ0n) is 7.44. The third-order valence-electron chi connectivity index (χ3n) is 3.05. The minimum Gasteiger partial charge on any atom is -0.396 e. The van der Waals surface area contributed by atoms with Crippen molar-refractivity contribution in [2.24, 2.45) is 5.92 Å². The monoisotopic (exact) mass is 179 g/mol. The van der Waals surface area contributed by atoms with Crippen molar-refractivity contribution in [3.05, 3.63) is 12.4 Å². The summed E-state index contributed by atoms with van der Waals surface area (Å²) in [6.45, 7) is 1.80. The molecule has 4 rings (SSSR count). The van der Waals surface area contributed by atoms with Crippen LogP contribution in [0.1, 0.15) is 12.8 Å². The molecule has 3 aliphatic rings. The molecule has 2 N–H and O–H groups in total. The molecule has 4 heteroatoms. The van der Waals surface area contributed by atoms with Crippen molar-refractivity contribution in [2.75, 3.05) is 12.3 Å². The second kappa shape index (κ2) is 2.26. The molecule has 3 heterocycles. The molecule has 2 saturated heterocycles. The van der Waals surface area contributed by atoms with Gasteiger partial charge in [-0.05, 0) is 18.8 Å². The van der Waals surface area contributed by atoms with Crippen LogP contribution in [0.15, 0.2) is 12.4 Å². The van der Waals surface area contributed by atoms with E-state index in [4.69, 9.17) is 10.5 Å². The average molecular weight is 179 g/mol. The van der Waals surface area contributed by atoms with E-state index in [9.17, 15) is 0 Å². The summed E-state index contributed by atoms with van der Waals surface area (Å²) in [5.41, 5.74) is 6.41. The van der Waals surface area contributed by atoms with Crippen LogP contribution in [-0.2, 0) is 11.3 Å².